The summed E-state index contributed by atoms with van der Waals surface area (Å²) in [5, 5.41) is 7.15. The van der Waals surface area contributed by atoms with Gasteiger partial charge in [-0.05, 0) is 55.1 Å². The van der Waals surface area contributed by atoms with Crippen molar-refractivity contribution in [3.8, 4) is 0 Å². The van der Waals surface area contributed by atoms with Gasteiger partial charge in [0.25, 0.3) is 0 Å². The molecule has 0 spiro atoms. The van der Waals surface area contributed by atoms with Crippen molar-refractivity contribution in [1.82, 2.24) is 10.3 Å². The predicted molar refractivity (Wildman–Crippen MR) is 107 cm³/mol. The molecule has 2 aromatic carbocycles. The lowest BCUT2D eigenvalue weighted by Crippen LogP contribution is -2.42. The smallest absolute Gasteiger partial charge is 0.239 e. The molecule has 140 valence electrons. The molecule has 0 aliphatic carbocycles. The maximum Gasteiger partial charge on any atom is 0.239 e. The number of anilines is 1. The van der Waals surface area contributed by atoms with E-state index in [0.29, 0.717) is 6.54 Å². The standard InChI is InChI=1S/C21H24N4O2/c1-13-6-7-19-16(8-13)11-18(25-19)12-23-17-5-3-4-15(9-17)10-20(26)24-14(2)21(22)27/h3-9,11,14,23,25H,10,12H2,1-2H3,(H2,22,27)(H,24,26). The lowest BCUT2D eigenvalue weighted by molar-refractivity contribution is -0.126. The Morgan fingerprint density at radius 1 is 1.15 bits per heavy atom. The van der Waals surface area contributed by atoms with Crippen molar-refractivity contribution in [3.63, 3.8) is 0 Å². The van der Waals surface area contributed by atoms with Crippen molar-refractivity contribution in [2.45, 2.75) is 32.9 Å². The monoisotopic (exact) mass is 364 g/mol. The van der Waals surface area contributed by atoms with E-state index >= 15 is 0 Å². The number of aromatic amines is 1. The van der Waals surface area contributed by atoms with Crippen LogP contribution in [0, 0.1) is 6.92 Å². The van der Waals surface area contributed by atoms with Gasteiger partial charge in [-0.1, -0.05) is 23.8 Å². The Kier molecular flexibility index (Phi) is 5.45. The summed E-state index contributed by atoms with van der Waals surface area (Å²) < 4.78 is 0. The van der Waals surface area contributed by atoms with Crippen LogP contribution in [0.1, 0.15) is 23.7 Å². The molecule has 3 aromatic rings. The number of hydrogen-bond donors (Lipinski definition) is 4. The second-order valence-electron chi connectivity index (χ2n) is 6.81. The van der Waals surface area contributed by atoms with Crippen LogP contribution in [0.2, 0.25) is 0 Å². The van der Waals surface area contributed by atoms with Crippen molar-refractivity contribution >= 4 is 28.4 Å². The van der Waals surface area contributed by atoms with E-state index in [1.54, 1.807) is 6.92 Å². The lowest BCUT2D eigenvalue weighted by Gasteiger charge is -2.11. The summed E-state index contributed by atoms with van der Waals surface area (Å²) in [7, 11) is 0. The molecule has 27 heavy (non-hydrogen) atoms. The number of nitrogens with two attached hydrogens (primary N) is 1. The maximum atomic E-state index is 12.0. The number of hydrogen-bond acceptors (Lipinski definition) is 3. The minimum atomic E-state index is -0.676. The minimum Gasteiger partial charge on any atom is -0.379 e. The van der Waals surface area contributed by atoms with Gasteiger partial charge in [-0.25, -0.2) is 0 Å². The second kappa shape index (κ2) is 7.95. The Bertz CT molecular complexity index is 977. The highest BCUT2D eigenvalue weighted by Crippen LogP contribution is 2.18. The number of aryl methyl sites for hydroxylation is 1. The Morgan fingerprint density at radius 2 is 1.96 bits per heavy atom. The summed E-state index contributed by atoms with van der Waals surface area (Å²) >= 11 is 0. The van der Waals surface area contributed by atoms with E-state index in [-0.39, 0.29) is 12.3 Å². The molecule has 1 aromatic heterocycles. The summed E-state index contributed by atoms with van der Waals surface area (Å²) in [5.74, 6) is -0.781. The van der Waals surface area contributed by atoms with Crippen LogP contribution in [0.4, 0.5) is 5.69 Å². The molecule has 1 unspecified atom stereocenters. The van der Waals surface area contributed by atoms with Crippen LogP contribution < -0.4 is 16.4 Å². The van der Waals surface area contributed by atoms with E-state index in [0.717, 1.165) is 22.5 Å². The zero-order valence-corrected chi connectivity index (χ0v) is 15.5. The molecule has 0 aliphatic heterocycles. The lowest BCUT2D eigenvalue weighted by atomic mass is 10.1. The Labute approximate surface area is 158 Å². The van der Waals surface area contributed by atoms with Crippen LogP contribution in [0.3, 0.4) is 0 Å². The van der Waals surface area contributed by atoms with Gasteiger partial charge >= 0.3 is 0 Å². The van der Waals surface area contributed by atoms with Gasteiger partial charge in [-0.2, -0.15) is 0 Å². The van der Waals surface area contributed by atoms with E-state index in [1.807, 2.05) is 24.3 Å². The zero-order valence-electron chi connectivity index (χ0n) is 15.5. The molecule has 3 rings (SSSR count). The highest BCUT2D eigenvalue weighted by Gasteiger charge is 2.12. The summed E-state index contributed by atoms with van der Waals surface area (Å²) in [6.45, 7) is 4.30. The van der Waals surface area contributed by atoms with E-state index < -0.39 is 11.9 Å². The molecule has 0 aliphatic rings. The molecule has 0 saturated carbocycles. The van der Waals surface area contributed by atoms with E-state index in [4.69, 9.17) is 5.73 Å². The summed E-state index contributed by atoms with van der Waals surface area (Å²) in [4.78, 5) is 26.4. The molecule has 1 atom stereocenters. The van der Waals surface area contributed by atoms with Crippen LogP contribution in [0.5, 0.6) is 0 Å². The number of rotatable bonds is 7. The summed E-state index contributed by atoms with van der Waals surface area (Å²) in [6, 6.07) is 15.5. The fraction of sp³-hybridized carbons (Fsp3) is 0.238. The number of nitrogens with one attached hydrogen (secondary N) is 3. The molecule has 2 amide bonds. The van der Waals surface area contributed by atoms with Gasteiger partial charge in [0.1, 0.15) is 6.04 Å². The normalized spacial score (nSPS) is 11.9. The molecule has 6 heteroatoms. The maximum absolute atomic E-state index is 12.0. The predicted octanol–water partition coefficient (Wildman–Crippen LogP) is 2.62. The average Bonchev–Trinajstić information content (AvgIpc) is 3.02. The summed E-state index contributed by atoms with van der Waals surface area (Å²) in [5.41, 5.74) is 10.4. The number of fused-ring (bicyclic) bond motifs is 1. The van der Waals surface area contributed by atoms with Gasteiger partial charge < -0.3 is 21.4 Å². The third kappa shape index (κ3) is 4.88. The third-order valence-corrected chi connectivity index (χ3v) is 4.41. The molecule has 1 heterocycles. The van der Waals surface area contributed by atoms with Crippen molar-refractivity contribution in [1.29, 1.82) is 0 Å². The molecule has 6 nitrogen and oxygen atoms in total. The van der Waals surface area contributed by atoms with Crippen molar-refractivity contribution in [2.24, 2.45) is 5.73 Å². The Balaban J connectivity index is 1.61. The molecular formula is C21H24N4O2. The van der Waals surface area contributed by atoms with E-state index in [9.17, 15) is 9.59 Å². The highest BCUT2D eigenvalue weighted by atomic mass is 16.2. The number of primary amides is 1. The Hall–Kier alpha value is -3.28. The van der Waals surface area contributed by atoms with Crippen LogP contribution in [-0.2, 0) is 22.6 Å². The van der Waals surface area contributed by atoms with Gasteiger partial charge in [-0.3, -0.25) is 9.59 Å². The number of aromatic nitrogens is 1. The molecule has 0 saturated heterocycles. The van der Waals surface area contributed by atoms with Crippen LogP contribution in [0.15, 0.2) is 48.5 Å². The number of carbonyl (C=O) groups is 2. The second-order valence-corrected chi connectivity index (χ2v) is 6.81. The number of benzene rings is 2. The van der Waals surface area contributed by atoms with Gasteiger partial charge in [0, 0.05) is 16.9 Å². The molecule has 0 bridgehead atoms. The zero-order chi connectivity index (χ0) is 19.4. The Morgan fingerprint density at radius 3 is 2.74 bits per heavy atom. The van der Waals surface area contributed by atoms with Crippen molar-refractivity contribution in [3.05, 3.63) is 65.4 Å². The van der Waals surface area contributed by atoms with Crippen molar-refractivity contribution < 1.29 is 9.59 Å². The van der Waals surface area contributed by atoms with Gasteiger partial charge in [0.05, 0.1) is 13.0 Å². The van der Waals surface area contributed by atoms with Crippen LogP contribution in [0.25, 0.3) is 10.9 Å². The molecular weight excluding hydrogens is 340 g/mol. The fourth-order valence-electron chi connectivity index (χ4n) is 2.94. The first kappa shape index (κ1) is 18.5. The van der Waals surface area contributed by atoms with E-state index in [1.165, 1.54) is 10.9 Å². The highest BCUT2D eigenvalue weighted by molar-refractivity contribution is 5.87. The van der Waals surface area contributed by atoms with Crippen LogP contribution >= 0.6 is 0 Å². The molecule has 0 radical (unpaired) electrons. The average molecular weight is 364 g/mol. The third-order valence-electron chi connectivity index (χ3n) is 4.41. The minimum absolute atomic E-state index is 0.193. The number of amides is 2. The van der Waals surface area contributed by atoms with Gasteiger partial charge in [0.2, 0.25) is 11.8 Å². The SMILES string of the molecule is Cc1ccc2[nH]c(CNc3cccc(CC(=O)NC(C)C(N)=O)c3)cc2c1. The molecule has 5 N–H and O–H groups in total. The first-order valence-electron chi connectivity index (χ1n) is 8.90. The number of H-pyrrole nitrogens is 1. The number of carbonyl (C=O) groups excluding carboxylic acids is 2. The first-order chi connectivity index (χ1) is 12.9. The largest absolute Gasteiger partial charge is 0.379 e. The van der Waals surface area contributed by atoms with Crippen LogP contribution in [-0.4, -0.2) is 22.8 Å². The van der Waals surface area contributed by atoms with E-state index in [2.05, 4.69) is 46.8 Å². The fourth-order valence-corrected chi connectivity index (χ4v) is 2.94. The quantitative estimate of drug-likeness (QED) is 0.518. The summed E-state index contributed by atoms with van der Waals surface area (Å²) in [6.07, 6.45) is 0.193. The van der Waals surface area contributed by atoms with Gasteiger partial charge in [0.15, 0.2) is 0 Å². The molecule has 0 fully saturated rings. The first-order valence-corrected chi connectivity index (χ1v) is 8.90. The topological polar surface area (TPSA) is 100 Å². The van der Waals surface area contributed by atoms with Gasteiger partial charge in [-0.15, -0.1) is 0 Å². The van der Waals surface area contributed by atoms with Crippen molar-refractivity contribution in [2.75, 3.05) is 5.32 Å².